The maximum Gasteiger partial charge on any atom is 0.0881 e. The molecule has 0 aliphatic carbocycles. The van der Waals surface area contributed by atoms with E-state index in [-0.39, 0.29) is 0 Å². The lowest BCUT2D eigenvalue weighted by atomic mass is 10.1. The molecule has 3 rings (SSSR count). The summed E-state index contributed by atoms with van der Waals surface area (Å²) >= 11 is 0. The van der Waals surface area contributed by atoms with Crippen molar-refractivity contribution < 1.29 is 5.21 Å². The number of fused-ring (bicyclic) bond motifs is 3. The van der Waals surface area contributed by atoms with E-state index in [4.69, 9.17) is 0 Å². The van der Waals surface area contributed by atoms with Gasteiger partial charge in [-0.3, -0.25) is 0 Å². The van der Waals surface area contributed by atoms with Crippen LogP contribution in [0.15, 0.2) is 42.5 Å². The largest absolute Gasteiger partial charge is 0.428 e. The van der Waals surface area contributed by atoms with Crippen molar-refractivity contribution in [2.75, 3.05) is 0 Å². The Morgan fingerprint density at radius 2 is 1.67 bits per heavy atom. The van der Waals surface area contributed by atoms with Crippen LogP contribution in [0.4, 0.5) is 0 Å². The predicted molar refractivity (Wildman–Crippen MR) is 61.4 cm³/mol. The lowest BCUT2D eigenvalue weighted by Crippen LogP contribution is -1.87. The third-order valence-electron chi connectivity index (χ3n) is 2.88. The van der Waals surface area contributed by atoms with Gasteiger partial charge < -0.3 is 5.21 Å². The first kappa shape index (κ1) is 8.36. The normalized spacial score (nSPS) is 11.3. The standard InChI is InChI=1S/C13H11NO/c1-9-5-4-8-12-13(9)10-6-2-3-7-11(10)14(12)15/h2-8,15H,1H3. The van der Waals surface area contributed by atoms with Gasteiger partial charge in [0.25, 0.3) is 0 Å². The Labute approximate surface area is 87.3 Å². The predicted octanol–water partition coefficient (Wildman–Crippen LogP) is 3.34. The molecule has 74 valence electrons. The fourth-order valence-electron chi connectivity index (χ4n) is 2.18. The molecule has 1 aromatic heterocycles. The number of nitrogens with zero attached hydrogens (tertiary/aromatic N) is 1. The summed E-state index contributed by atoms with van der Waals surface area (Å²) in [6, 6.07) is 13.9. The molecule has 15 heavy (non-hydrogen) atoms. The van der Waals surface area contributed by atoms with Crippen LogP contribution < -0.4 is 0 Å². The Hall–Kier alpha value is -1.96. The van der Waals surface area contributed by atoms with Crippen LogP contribution in [0.25, 0.3) is 21.8 Å². The molecule has 0 saturated heterocycles. The van der Waals surface area contributed by atoms with Crippen molar-refractivity contribution in [3.63, 3.8) is 0 Å². The molecule has 2 heteroatoms. The van der Waals surface area contributed by atoms with E-state index in [2.05, 4.69) is 13.0 Å². The van der Waals surface area contributed by atoms with Crippen molar-refractivity contribution in [3.8, 4) is 0 Å². The summed E-state index contributed by atoms with van der Waals surface area (Å²) in [6.07, 6.45) is 0. The summed E-state index contributed by atoms with van der Waals surface area (Å²) in [4.78, 5) is 0. The molecule has 1 N–H and O–H groups in total. The van der Waals surface area contributed by atoms with E-state index >= 15 is 0 Å². The van der Waals surface area contributed by atoms with Gasteiger partial charge in [-0.25, -0.2) is 0 Å². The van der Waals surface area contributed by atoms with Crippen LogP contribution in [-0.4, -0.2) is 9.94 Å². The molecule has 0 unspecified atom stereocenters. The second-order valence-corrected chi connectivity index (χ2v) is 3.80. The van der Waals surface area contributed by atoms with Crippen molar-refractivity contribution in [1.82, 2.24) is 4.73 Å². The number of aromatic nitrogens is 1. The Morgan fingerprint density at radius 3 is 2.53 bits per heavy atom. The zero-order valence-electron chi connectivity index (χ0n) is 8.44. The molecule has 0 aliphatic rings. The molecule has 0 amide bonds. The Bertz CT molecular complexity index is 652. The molecule has 0 fully saturated rings. The van der Waals surface area contributed by atoms with Gasteiger partial charge in [-0.15, -0.1) is 0 Å². The van der Waals surface area contributed by atoms with Crippen LogP contribution >= 0.6 is 0 Å². The molecule has 0 saturated carbocycles. The molecule has 0 radical (unpaired) electrons. The van der Waals surface area contributed by atoms with Gasteiger partial charge in [0.1, 0.15) is 0 Å². The molecular formula is C13H11NO. The molecule has 0 aliphatic heterocycles. The first-order valence-corrected chi connectivity index (χ1v) is 4.97. The molecule has 2 aromatic carbocycles. The fourth-order valence-corrected chi connectivity index (χ4v) is 2.18. The van der Waals surface area contributed by atoms with E-state index in [0.29, 0.717) is 0 Å². The molecular weight excluding hydrogens is 186 g/mol. The number of benzene rings is 2. The smallest absolute Gasteiger partial charge is 0.0881 e. The van der Waals surface area contributed by atoms with E-state index in [1.165, 1.54) is 10.3 Å². The number of rotatable bonds is 0. The van der Waals surface area contributed by atoms with Crippen LogP contribution in [0.2, 0.25) is 0 Å². The molecule has 1 heterocycles. The molecule has 0 atom stereocenters. The van der Waals surface area contributed by atoms with Crippen LogP contribution in [0.3, 0.4) is 0 Å². The van der Waals surface area contributed by atoms with Crippen LogP contribution in [0.1, 0.15) is 5.56 Å². The van der Waals surface area contributed by atoms with E-state index in [0.717, 1.165) is 21.8 Å². The van der Waals surface area contributed by atoms with Gasteiger partial charge in [-0.2, -0.15) is 4.73 Å². The fraction of sp³-hybridized carbons (Fsp3) is 0.0769. The van der Waals surface area contributed by atoms with Crippen molar-refractivity contribution in [2.24, 2.45) is 0 Å². The van der Waals surface area contributed by atoms with Crippen molar-refractivity contribution in [2.45, 2.75) is 6.92 Å². The first-order chi connectivity index (χ1) is 7.29. The molecule has 0 spiro atoms. The van der Waals surface area contributed by atoms with E-state index < -0.39 is 0 Å². The van der Waals surface area contributed by atoms with E-state index in [1.807, 2.05) is 36.4 Å². The highest BCUT2D eigenvalue weighted by molar-refractivity contribution is 6.09. The van der Waals surface area contributed by atoms with Crippen molar-refractivity contribution >= 4 is 21.8 Å². The summed E-state index contributed by atoms with van der Waals surface area (Å²) < 4.78 is 1.26. The Balaban J connectivity index is 2.70. The minimum Gasteiger partial charge on any atom is -0.428 e. The number of hydrogen-bond donors (Lipinski definition) is 1. The topological polar surface area (TPSA) is 25.2 Å². The van der Waals surface area contributed by atoms with Gasteiger partial charge in [0.2, 0.25) is 0 Å². The second-order valence-electron chi connectivity index (χ2n) is 3.80. The highest BCUT2D eigenvalue weighted by Gasteiger charge is 2.09. The van der Waals surface area contributed by atoms with Gasteiger partial charge in [-0.1, -0.05) is 30.3 Å². The molecule has 3 aromatic rings. The highest BCUT2D eigenvalue weighted by Crippen LogP contribution is 2.29. The minimum atomic E-state index is 0.863. The highest BCUT2D eigenvalue weighted by atomic mass is 16.5. The summed E-state index contributed by atoms with van der Waals surface area (Å²) in [5.74, 6) is 0. The van der Waals surface area contributed by atoms with E-state index in [9.17, 15) is 5.21 Å². The molecule has 2 nitrogen and oxygen atoms in total. The Morgan fingerprint density at radius 1 is 0.933 bits per heavy atom. The first-order valence-electron chi connectivity index (χ1n) is 4.97. The number of para-hydroxylation sites is 1. The summed E-state index contributed by atoms with van der Waals surface area (Å²) in [5, 5.41) is 12.2. The van der Waals surface area contributed by atoms with Gasteiger partial charge in [0, 0.05) is 10.8 Å². The quantitative estimate of drug-likeness (QED) is 0.549. The van der Waals surface area contributed by atoms with Gasteiger partial charge >= 0.3 is 0 Å². The van der Waals surface area contributed by atoms with Gasteiger partial charge in [-0.05, 0) is 24.6 Å². The van der Waals surface area contributed by atoms with E-state index in [1.54, 1.807) is 0 Å². The average Bonchev–Trinajstić information content (AvgIpc) is 2.55. The number of aryl methyl sites for hydroxylation is 1. The minimum absolute atomic E-state index is 0.863. The van der Waals surface area contributed by atoms with Crippen molar-refractivity contribution in [1.29, 1.82) is 0 Å². The average molecular weight is 197 g/mol. The maximum absolute atomic E-state index is 9.99. The van der Waals surface area contributed by atoms with Gasteiger partial charge in [0.15, 0.2) is 0 Å². The summed E-state index contributed by atoms with van der Waals surface area (Å²) in [6.45, 7) is 2.06. The zero-order chi connectivity index (χ0) is 10.4. The number of hydrogen-bond acceptors (Lipinski definition) is 1. The van der Waals surface area contributed by atoms with Crippen LogP contribution in [0.5, 0.6) is 0 Å². The lowest BCUT2D eigenvalue weighted by molar-refractivity contribution is 0.213. The van der Waals surface area contributed by atoms with Crippen LogP contribution in [0, 0.1) is 6.92 Å². The monoisotopic (exact) mass is 197 g/mol. The van der Waals surface area contributed by atoms with Gasteiger partial charge in [0.05, 0.1) is 11.0 Å². The molecule has 0 bridgehead atoms. The summed E-state index contributed by atoms with van der Waals surface area (Å²) in [5.41, 5.74) is 2.93. The SMILES string of the molecule is Cc1cccc2c1c1ccccc1n2O. The third-order valence-corrected chi connectivity index (χ3v) is 2.88. The Kier molecular flexibility index (Phi) is 1.54. The second kappa shape index (κ2) is 2.76. The van der Waals surface area contributed by atoms with Crippen molar-refractivity contribution in [3.05, 3.63) is 48.0 Å². The van der Waals surface area contributed by atoms with Crippen LogP contribution in [-0.2, 0) is 0 Å². The maximum atomic E-state index is 9.99. The zero-order valence-corrected chi connectivity index (χ0v) is 8.44. The lowest BCUT2D eigenvalue weighted by Gasteiger charge is -1.96. The summed E-state index contributed by atoms with van der Waals surface area (Å²) in [7, 11) is 0. The third kappa shape index (κ3) is 0.988.